The molecule has 10 heavy (non-hydrogen) atoms. The SMILES string of the molecule is O.O.O=C1C[CH2][Ge]([O][Ge])[O]1. The Morgan fingerprint density at radius 3 is 2.40 bits per heavy atom. The second-order valence-electron chi connectivity index (χ2n) is 1.45. The molecule has 1 aliphatic rings. The van der Waals surface area contributed by atoms with Gasteiger partial charge in [0.05, 0.1) is 0 Å². The van der Waals surface area contributed by atoms with Gasteiger partial charge in [0, 0.05) is 0 Å². The van der Waals surface area contributed by atoms with Crippen molar-refractivity contribution in [3.05, 3.63) is 0 Å². The quantitative estimate of drug-likeness (QED) is 0.508. The van der Waals surface area contributed by atoms with E-state index in [-0.39, 0.29) is 16.9 Å². The van der Waals surface area contributed by atoms with Gasteiger partial charge in [-0.3, -0.25) is 0 Å². The van der Waals surface area contributed by atoms with Gasteiger partial charge in [0.25, 0.3) is 0 Å². The third-order valence-electron chi connectivity index (χ3n) is 0.875. The minimum absolute atomic E-state index is 0. The second kappa shape index (κ2) is 6.17. The number of carbonyl (C=O) groups excluding carboxylic acids is 1. The first-order valence-electron chi connectivity index (χ1n) is 2.23. The van der Waals surface area contributed by atoms with Crippen LogP contribution in [-0.4, -0.2) is 48.8 Å². The van der Waals surface area contributed by atoms with Crippen molar-refractivity contribution < 1.29 is 22.3 Å². The molecular formula is C3H8Ge2O5. The number of hydrogen-bond acceptors (Lipinski definition) is 3. The van der Waals surface area contributed by atoms with E-state index in [1.165, 1.54) is 0 Å². The maximum absolute atomic E-state index is 10.4. The molecule has 5 nitrogen and oxygen atoms in total. The second-order valence-corrected chi connectivity index (χ2v) is 7.14. The van der Waals surface area contributed by atoms with Crippen molar-refractivity contribution >= 4 is 37.8 Å². The molecule has 0 bridgehead atoms. The van der Waals surface area contributed by atoms with Gasteiger partial charge in [-0.25, -0.2) is 0 Å². The Bertz CT molecular complexity index is 107. The Kier molecular flexibility index (Phi) is 8.05. The molecule has 58 valence electrons. The van der Waals surface area contributed by atoms with Crippen LogP contribution in [0.2, 0.25) is 5.25 Å². The van der Waals surface area contributed by atoms with Gasteiger partial charge in [0.15, 0.2) is 0 Å². The van der Waals surface area contributed by atoms with Crippen LogP contribution >= 0.6 is 0 Å². The first kappa shape index (κ1) is 13.1. The summed E-state index contributed by atoms with van der Waals surface area (Å²) in [5.74, 6) is -0.0816. The summed E-state index contributed by atoms with van der Waals surface area (Å²) < 4.78 is 9.72. The molecule has 1 saturated heterocycles. The summed E-state index contributed by atoms with van der Waals surface area (Å²) in [6, 6.07) is 0. The summed E-state index contributed by atoms with van der Waals surface area (Å²) in [5.41, 5.74) is 0. The van der Waals surface area contributed by atoms with Crippen LogP contribution in [-0.2, 0) is 11.3 Å². The predicted octanol–water partition coefficient (Wildman–Crippen LogP) is -2.13. The molecule has 0 aromatic rings. The van der Waals surface area contributed by atoms with Gasteiger partial charge in [-0.1, -0.05) is 0 Å². The molecule has 0 unspecified atom stereocenters. The minimum atomic E-state index is -1.71. The van der Waals surface area contributed by atoms with Crippen molar-refractivity contribution in [1.29, 1.82) is 0 Å². The van der Waals surface area contributed by atoms with Crippen LogP contribution in [0.4, 0.5) is 0 Å². The van der Waals surface area contributed by atoms with E-state index < -0.39 is 15.0 Å². The molecule has 0 amide bonds. The van der Waals surface area contributed by atoms with E-state index in [0.717, 1.165) is 5.25 Å². The molecule has 4 radical (unpaired) electrons. The molecular weight excluding hydrogens is 261 g/mol. The van der Waals surface area contributed by atoms with E-state index >= 15 is 0 Å². The van der Waals surface area contributed by atoms with Gasteiger partial charge in [-0.05, 0) is 0 Å². The van der Waals surface area contributed by atoms with E-state index in [4.69, 9.17) is 6.55 Å². The first-order chi connectivity index (χ1) is 3.83. The van der Waals surface area contributed by atoms with E-state index in [9.17, 15) is 4.79 Å². The van der Waals surface area contributed by atoms with Crippen LogP contribution in [0.25, 0.3) is 0 Å². The van der Waals surface area contributed by atoms with Crippen LogP contribution < -0.4 is 0 Å². The molecule has 0 aliphatic carbocycles. The summed E-state index contributed by atoms with van der Waals surface area (Å²) in [6.07, 6.45) is 0.573. The summed E-state index contributed by atoms with van der Waals surface area (Å²) in [7, 11) is 0. The van der Waals surface area contributed by atoms with Gasteiger partial charge in [0.1, 0.15) is 0 Å². The number of rotatable bonds is 1. The van der Waals surface area contributed by atoms with Crippen molar-refractivity contribution in [3.63, 3.8) is 0 Å². The average Bonchev–Trinajstić information content (AvgIpc) is 2.14. The normalized spacial score (nSPS) is 17.1. The van der Waals surface area contributed by atoms with Gasteiger partial charge < -0.3 is 11.0 Å². The summed E-state index contributed by atoms with van der Waals surface area (Å²) >= 11 is -0.101. The fourth-order valence-electron chi connectivity index (χ4n) is 0.505. The average molecular weight is 269 g/mol. The van der Waals surface area contributed by atoms with E-state index in [2.05, 4.69) is 0 Å². The van der Waals surface area contributed by atoms with Gasteiger partial charge in [0.2, 0.25) is 0 Å². The van der Waals surface area contributed by atoms with Crippen molar-refractivity contribution in [2.24, 2.45) is 0 Å². The zero-order chi connectivity index (χ0) is 5.98. The zero-order valence-corrected chi connectivity index (χ0v) is 9.34. The Morgan fingerprint density at radius 2 is 2.20 bits per heavy atom. The summed E-state index contributed by atoms with van der Waals surface area (Å²) in [6.45, 7) is 0. The predicted molar refractivity (Wildman–Crippen MR) is 35.3 cm³/mol. The Morgan fingerprint density at radius 1 is 1.60 bits per heavy atom. The van der Waals surface area contributed by atoms with Crippen molar-refractivity contribution in [2.75, 3.05) is 0 Å². The Hall–Kier alpha value is 0.436. The van der Waals surface area contributed by atoms with Crippen molar-refractivity contribution in [2.45, 2.75) is 11.7 Å². The topological polar surface area (TPSA) is 98.5 Å². The monoisotopic (exact) mass is 272 g/mol. The molecule has 1 rings (SSSR count). The molecule has 4 N–H and O–H groups in total. The fourth-order valence-corrected chi connectivity index (χ4v) is 4.19. The van der Waals surface area contributed by atoms with E-state index in [1.807, 2.05) is 0 Å². The first-order valence-corrected chi connectivity index (χ1v) is 6.28. The number of carbonyl (C=O) groups is 1. The van der Waals surface area contributed by atoms with Crippen LogP contribution in [0.3, 0.4) is 0 Å². The molecule has 1 heterocycles. The third-order valence-corrected chi connectivity index (χ3v) is 6.17. The third kappa shape index (κ3) is 3.57. The standard InChI is InChI=1S/C3H4Ge2O3.2H2O/c4-8-5-2-1-3(6)7-5;;/h1-2H2;2*1H2. The molecule has 0 aromatic carbocycles. The molecule has 0 aromatic heterocycles. The molecule has 1 fully saturated rings. The van der Waals surface area contributed by atoms with Crippen LogP contribution in [0, 0.1) is 0 Å². The molecule has 0 saturated carbocycles. The number of hydrogen-bond donors (Lipinski definition) is 0. The van der Waals surface area contributed by atoms with Gasteiger partial charge in [-0.2, -0.15) is 0 Å². The molecule has 0 spiro atoms. The van der Waals surface area contributed by atoms with Crippen LogP contribution in [0.15, 0.2) is 0 Å². The molecule has 0 atom stereocenters. The Labute approximate surface area is 72.0 Å². The van der Waals surface area contributed by atoms with Crippen molar-refractivity contribution in [3.8, 4) is 0 Å². The molecule has 1 aliphatic heterocycles. The zero-order valence-electron chi connectivity index (χ0n) is 5.14. The van der Waals surface area contributed by atoms with Crippen LogP contribution in [0.5, 0.6) is 0 Å². The van der Waals surface area contributed by atoms with Gasteiger partial charge >= 0.3 is 60.9 Å². The molecule has 7 heteroatoms. The van der Waals surface area contributed by atoms with E-state index in [1.54, 1.807) is 16.9 Å². The fraction of sp³-hybridized carbons (Fsp3) is 0.667. The van der Waals surface area contributed by atoms with E-state index in [0.29, 0.717) is 6.42 Å². The maximum atomic E-state index is 10.4. The summed E-state index contributed by atoms with van der Waals surface area (Å²) in [5, 5.41) is 0.870. The van der Waals surface area contributed by atoms with Crippen molar-refractivity contribution in [1.82, 2.24) is 0 Å². The van der Waals surface area contributed by atoms with Gasteiger partial charge in [-0.15, -0.1) is 0 Å². The Balaban J connectivity index is 0. The van der Waals surface area contributed by atoms with Crippen LogP contribution in [0.1, 0.15) is 6.42 Å². The summed E-state index contributed by atoms with van der Waals surface area (Å²) in [4.78, 5) is 10.4.